The van der Waals surface area contributed by atoms with Crippen LogP contribution in [0.5, 0.6) is 0 Å². The van der Waals surface area contributed by atoms with E-state index < -0.39 is 5.97 Å². The zero-order chi connectivity index (χ0) is 17.6. The lowest BCUT2D eigenvalue weighted by Gasteiger charge is -2.28. The van der Waals surface area contributed by atoms with Crippen molar-refractivity contribution in [2.75, 3.05) is 18.0 Å². The highest BCUT2D eigenvalue weighted by Crippen LogP contribution is 2.20. The van der Waals surface area contributed by atoms with Gasteiger partial charge in [0.15, 0.2) is 0 Å². The molecule has 0 saturated carbocycles. The Morgan fingerprint density at radius 2 is 1.48 bits per heavy atom. The van der Waals surface area contributed by atoms with Gasteiger partial charge in [0, 0.05) is 30.9 Å². The maximum absolute atomic E-state index is 12.3. The zero-order valence-corrected chi connectivity index (χ0v) is 14.1. The smallest absolute Gasteiger partial charge is 0.335 e. The summed E-state index contributed by atoms with van der Waals surface area (Å²) in [6.07, 6.45) is 3.75. The number of benzene rings is 2. The second-order valence-corrected chi connectivity index (χ2v) is 6.28. The molecule has 5 nitrogen and oxygen atoms in total. The second-order valence-electron chi connectivity index (χ2n) is 6.28. The summed E-state index contributed by atoms with van der Waals surface area (Å²) >= 11 is 0. The standard InChI is InChI=1S/C20H22N2O3/c23-19(21-14-15-4-6-17(7-5-15)20(24)25)16-8-10-18(11-9-16)22-12-2-1-3-13-22/h4-11H,1-3,12-14H2,(H,21,23)(H,24,25). The average molecular weight is 338 g/mol. The summed E-state index contributed by atoms with van der Waals surface area (Å²) in [5.41, 5.74) is 2.90. The van der Waals surface area contributed by atoms with Crippen molar-refractivity contribution in [3.05, 3.63) is 65.2 Å². The van der Waals surface area contributed by atoms with Crippen LogP contribution in [0.15, 0.2) is 48.5 Å². The number of hydrogen-bond acceptors (Lipinski definition) is 3. The van der Waals surface area contributed by atoms with Crippen molar-refractivity contribution in [3.8, 4) is 0 Å². The van der Waals surface area contributed by atoms with E-state index in [2.05, 4.69) is 10.2 Å². The van der Waals surface area contributed by atoms with Crippen molar-refractivity contribution in [1.29, 1.82) is 0 Å². The van der Waals surface area contributed by atoms with Crippen LogP contribution in [0.3, 0.4) is 0 Å². The summed E-state index contributed by atoms with van der Waals surface area (Å²) in [5.74, 6) is -1.09. The van der Waals surface area contributed by atoms with Crippen LogP contribution in [0.25, 0.3) is 0 Å². The Balaban J connectivity index is 1.56. The minimum Gasteiger partial charge on any atom is -0.478 e. The van der Waals surface area contributed by atoms with E-state index in [0.717, 1.165) is 18.7 Å². The first-order valence-electron chi connectivity index (χ1n) is 8.59. The summed E-state index contributed by atoms with van der Waals surface area (Å²) in [6.45, 7) is 2.53. The molecule has 0 radical (unpaired) electrons. The van der Waals surface area contributed by atoms with Crippen molar-refractivity contribution in [3.63, 3.8) is 0 Å². The normalized spacial score (nSPS) is 14.2. The molecule has 25 heavy (non-hydrogen) atoms. The summed E-state index contributed by atoms with van der Waals surface area (Å²) in [7, 11) is 0. The average Bonchev–Trinajstić information content (AvgIpc) is 2.67. The summed E-state index contributed by atoms with van der Waals surface area (Å²) < 4.78 is 0. The molecule has 1 heterocycles. The van der Waals surface area contributed by atoms with Gasteiger partial charge in [-0.2, -0.15) is 0 Å². The van der Waals surface area contributed by atoms with Crippen LogP contribution < -0.4 is 10.2 Å². The van der Waals surface area contributed by atoms with E-state index in [1.807, 2.05) is 24.3 Å². The van der Waals surface area contributed by atoms with Gasteiger partial charge in [-0.15, -0.1) is 0 Å². The number of carboxylic acids is 1. The third-order valence-corrected chi connectivity index (χ3v) is 4.50. The number of piperidine rings is 1. The maximum atomic E-state index is 12.3. The van der Waals surface area contributed by atoms with Crippen LogP contribution in [0.1, 0.15) is 45.5 Å². The first kappa shape index (κ1) is 17.0. The van der Waals surface area contributed by atoms with Crippen LogP contribution in [0.2, 0.25) is 0 Å². The molecule has 3 rings (SSSR count). The number of carboxylic acid groups (broad SMARTS) is 1. The monoisotopic (exact) mass is 338 g/mol. The van der Waals surface area contributed by atoms with E-state index in [1.54, 1.807) is 12.1 Å². The first-order valence-corrected chi connectivity index (χ1v) is 8.59. The topological polar surface area (TPSA) is 69.6 Å². The highest BCUT2D eigenvalue weighted by atomic mass is 16.4. The van der Waals surface area contributed by atoms with Gasteiger partial charge in [0.05, 0.1) is 5.56 Å². The Hall–Kier alpha value is -2.82. The van der Waals surface area contributed by atoms with Crippen molar-refractivity contribution in [2.45, 2.75) is 25.8 Å². The van der Waals surface area contributed by atoms with Gasteiger partial charge in [0.25, 0.3) is 5.91 Å². The van der Waals surface area contributed by atoms with Gasteiger partial charge in [-0.1, -0.05) is 12.1 Å². The molecule has 1 fully saturated rings. The Kier molecular flexibility index (Phi) is 5.33. The number of rotatable bonds is 5. The van der Waals surface area contributed by atoms with Gasteiger partial charge in [-0.3, -0.25) is 4.79 Å². The number of aromatic carboxylic acids is 1. The van der Waals surface area contributed by atoms with E-state index in [4.69, 9.17) is 5.11 Å². The fourth-order valence-electron chi connectivity index (χ4n) is 3.03. The fourth-order valence-corrected chi connectivity index (χ4v) is 3.03. The number of nitrogens with zero attached hydrogens (tertiary/aromatic N) is 1. The van der Waals surface area contributed by atoms with Gasteiger partial charge in [0.2, 0.25) is 0 Å². The van der Waals surface area contributed by atoms with E-state index in [9.17, 15) is 9.59 Å². The lowest BCUT2D eigenvalue weighted by atomic mass is 10.1. The number of hydrogen-bond donors (Lipinski definition) is 2. The minimum absolute atomic E-state index is 0.132. The third-order valence-electron chi connectivity index (χ3n) is 4.50. The Bertz CT molecular complexity index is 733. The molecule has 1 amide bonds. The molecule has 5 heteroatoms. The van der Waals surface area contributed by atoms with Crippen LogP contribution in [0, 0.1) is 0 Å². The van der Waals surface area contributed by atoms with Crippen molar-refractivity contribution >= 4 is 17.6 Å². The van der Waals surface area contributed by atoms with Gasteiger partial charge in [-0.25, -0.2) is 4.79 Å². The lowest BCUT2D eigenvalue weighted by molar-refractivity contribution is 0.0696. The fraction of sp³-hybridized carbons (Fsp3) is 0.300. The number of carbonyl (C=O) groups excluding carboxylic acids is 1. The number of amides is 1. The lowest BCUT2D eigenvalue weighted by Crippen LogP contribution is -2.29. The highest BCUT2D eigenvalue weighted by Gasteiger charge is 2.12. The summed E-state index contributed by atoms with van der Waals surface area (Å²) in [4.78, 5) is 25.5. The molecule has 0 aromatic heterocycles. The van der Waals surface area contributed by atoms with E-state index in [1.165, 1.54) is 37.1 Å². The molecule has 2 aromatic rings. The Morgan fingerprint density at radius 1 is 0.880 bits per heavy atom. The van der Waals surface area contributed by atoms with Crippen LogP contribution in [-0.4, -0.2) is 30.1 Å². The van der Waals surface area contributed by atoms with Gasteiger partial charge < -0.3 is 15.3 Å². The number of anilines is 1. The molecule has 1 aliphatic heterocycles. The zero-order valence-electron chi connectivity index (χ0n) is 14.1. The summed E-state index contributed by atoms with van der Waals surface area (Å²) in [5, 5.41) is 11.7. The molecule has 2 aromatic carbocycles. The van der Waals surface area contributed by atoms with Gasteiger partial charge in [-0.05, 0) is 61.2 Å². The maximum Gasteiger partial charge on any atom is 0.335 e. The molecule has 0 spiro atoms. The van der Waals surface area contributed by atoms with Crippen molar-refractivity contribution in [1.82, 2.24) is 5.32 Å². The van der Waals surface area contributed by atoms with Crippen LogP contribution in [0.4, 0.5) is 5.69 Å². The van der Waals surface area contributed by atoms with Crippen molar-refractivity contribution in [2.24, 2.45) is 0 Å². The highest BCUT2D eigenvalue weighted by molar-refractivity contribution is 5.94. The van der Waals surface area contributed by atoms with E-state index in [0.29, 0.717) is 12.1 Å². The molecule has 1 saturated heterocycles. The van der Waals surface area contributed by atoms with E-state index >= 15 is 0 Å². The predicted molar refractivity (Wildman–Crippen MR) is 97.1 cm³/mol. The molecule has 0 atom stereocenters. The Morgan fingerprint density at radius 3 is 2.08 bits per heavy atom. The SMILES string of the molecule is O=C(O)c1ccc(CNC(=O)c2ccc(N3CCCCC3)cc2)cc1. The minimum atomic E-state index is -0.954. The molecule has 130 valence electrons. The quantitative estimate of drug-likeness (QED) is 0.877. The summed E-state index contributed by atoms with van der Waals surface area (Å²) in [6, 6.07) is 14.2. The molecule has 2 N–H and O–H groups in total. The Labute approximate surface area is 147 Å². The second kappa shape index (κ2) is 7.83. The van der Waals surface area contributed by atoms with E-state index in [-0.39, 0.29) is 11.5 Å². The number of carbonyl (C=O) groups is 2. The first-order chi connectivity index (χ1) is 12.1. The molecule has 1 aliphatic rings. The largest absolute Gasteiger partial charge is 0.478 e. The number of nitrogens with one attached hydrogen (secondary N) is 1. The molecular formula is C20H22N2O3. The molecular weight excluding hydrogens is 316 g/mol. The molecule has 0 bridgehead atoms. The molecule has 0 unspecified atom stereocenters. The van der Waals surface area contributed by atoms with Crippen LogP contribution >= 0.6 is 0 Å². The predicted octanol–water partition coefficient (Wildman–Crippen LogP) is 3.31. The van der Waals surface area contributed by atoms with Crippen LogP contribution in [-0.2, 0) is 6.54 Å². The molecule has 0 aliphatic carbocycles. The van der Waals surface area contributed by atoms with Crippen molar-refractivity contribution < 1.29 is 14.7 Å². The van der Waals surface area contributed by atoms with Gasteiger partial charge in [0.1, 0.15) is 0 Å². The van der Waals surface area contributed by atoms with Gasteiger partial charge >= 0.3 is 5.97 Å². The third kappa shape index (κ3) is 4.38.